The number of anilines is 3. The lowest BCUT2D eigenvalue weighted by Gasteiger charge is -2.19. The van der Waals surface area contributed by atoms with Crippen molar-refractivity contribution < 1.29 is 4.74 Å². The van der Waals surface area contributed by atoms with Gasteiger partial charge in [-0.15, -0.1) is 0 Å². The van der Waals surface area contributed by atoms with Crippen LogP contribution in [0.1, 0.15) is 26.7 Å². The van der Waals surface area contributed by atoms with E-state index in [9.17, 15) is 0 Å². The van der Waals surface area contributed by atoms with Crippen molar-refractivity contribution >= 4 is 17.8 Å². The second-order valence-corrected chi connectivity index (χ2v) is 4.79. The van der Waals surface area contributed by atoms with Crippen LogP contribution in [-0.2, 0) is 4.74 Å². The quantitative estimate of drug-likeness (QED) is 0.712. The van der Waals surface area contributed by atoms with E-state index in [1.807, 2.05) is 25.9 Å². The standard InChI is InChI=1S/C13H26N6O/c1-6-8-10(9-20-5)15-12-16-11(14-7-2)17-13(18-12)19(3)4/h10H,6-9H2,1-5H3,(H2,14,15,16,17,18). The van der Waals surface area contributed by atoms with Crippen molar-refractivity contribution in [2.75, 3.05) is 49.9 Å². The number of nitrogens with zero attached hydrogens (tertiary/aromatic N) is 4. The zero-order chi connectivity index (χ0) is 15.0. The fraction of sp³-hybridized carbons (Fsp3) is 0.769. The molecule has 2 N–H and O–H groups in total. The lowest BCUT2D eigenvalue weighted by molar-refractivity contribution is 0.182. The molecular weight excluding hydrogens is 256 g/mol. The summed E-state index contributed by atoms with van der Waals surface area (Å²) >= 11 is 0. The molecule has 0 aliphatic heterocycles. The van der Waals surface area contributed by atoms with Crippen LogP contribution in [0.25, 0.3) is 0 Å². The van der Waals surface area contributed by atoms with Gasteiger partial charge in [-0.1, -0.05) is 13.3 Å². The van der Waals surface area contributed by atoms with Crippen LogP contribution < -0.4 is 15.5 Å². The largest absolute Gasteiger partial charge is 0.383 e. The molecule has 7 nitrogen and oxygen atoms in total. The summed E-state index contributed by atoms with van der Waals surface area (Å²) in [7, 11) is 5.52. The average Bonchev–Trinajstić information content (AvgIpc) is 2.39. The van der Waals surface area contributed by atoms with E-state index >= 15 is 0 Å². The Kier molecular flexibility index (Phi) is 7.00. The van der Waals surface area contributed by atoms with Gasteiger partial charge in [0.1, 0.15) is 0 Å². The minimum atomic E-state index is 0.205. The van der Waals surface area contributed by atoms with E-state index in [1.54, 1.807) is 7.11 Å². The zero-order valence-electron chi connectivity index (χ0n) is 13.1. The smallest absolute Gasteiger partial charge is 0.231 e. The maximum absolute atomic E-state index is 5.22. The van der Waals surface area contributed by atoms with Crippen LogP contribution in [0.5, 0.6) is 0 Å². The van der Waals surface area contributed by atoms with E-state index < -0.39 is 0 Å². The van der Waals surface area contributed by atoms with Gasteiger partial charge in [0.05, 0.1) is 12.6 Å². The van der Waals surface area contributed by atoms with Crippen molar-refractivity contribution in [1.29, 1.82) is 0 Å². The average molecular weight is 282 g/mol. The van der Waals surface area contributed by atoms with Crippen molar-refractivity contribution in [3.05, 3.63) is 0 Å². The molecule has 1 unspecified atom stereocenters. The van der Waals surface area contributed by atoms with Gasteiger partial charge < -0.3 is 20.3 Å². The van der Waals surface area contributed by atoms with Crippen LogP contribution in [-0.4, -0.2) is 55.4 Å². The van der Waals surface area contributed by atoms with Gasteiger partial charge >= 0.3 is 0 Å². The van der Waals surface area contributed by atoms with Gasteiger partial charge in [0.2, 0.25) is 17.8 Å². The predicted molar refractivity (Wildman–Crippen MR) is 82.5 cm³/mol. The highest BCUT2D eigenvalue weighted by Gasteiger charge is 2.12. The molecule has 0 fully saturated rings. The molecule has 114 valence electrons. The molecule has 1 rings (SSSR count). The van der Waals surface area contributed by atoms with Gasteiger partial charge in [-0.2, -0.15) is 15.0 Å². The first-order valence-electron chi connectivity index (χ1n) is 7.03. The number of ether oxygens (including phenoxy) is 1. The number of methoxy groups -OCH3 is 1. The molecule has 1 atom stereocenters. The van der Waals surface area contributed by atoms with E-state index in [4.69, 9.17) is 4.74 Å². The van der Waals surface area contributed by atoms with E-state index in [2.05, 4.69) is 32.5 Å². The molecule has 0 radical (unpaired) electrons. The molecule has 0 amide bonds. The third-order valence-electron chi connectivity index (χ3n) is 2.70. The third-order valence-corrected chi connectivity index (χ3v) is 2.70. The monoisotopic (exact) mass is 282 g/mol. The topological polar surface area (TPSA) is 75.2 Å². The lowest BCUT2D eigenvalue weighted by atomic mass is 10.2. The number of aromatic nitrogens is 3. The molecule has 1 heterocycles. The lowest BCUT2D eigenvalue weighted by Crippen LogP contribution is -2.27. The molecule has 1 aromatic rings. The summed E-state index contributed by atoms with van der Waals surface area (Å²) in [4.78, 5) is 15.0. The molecule has 0 aliphatic carbocycles. The SMILES string of the molecule is CCCC(COC)Nc1nc(NCC)nc(N(C)C)n1. The third kappa shape index (κ3) is 5.16. The first-order chi connectivity index (χ1) is 9.60. The Bertz CT molecular complexity index is 392. The highest BCUT2D eigenvalue weighted by molar-refractivity contribution is 5.43. The van der Waals surface area contributed by atoms with Crippen LogP contribution in [0, 0.1) is 0 Å². The summed E-state index contributed by atoms with van der Waals surface area (Å²) in [6.07, 6.45) is 2.08. The van der Waals surface area contributed by atoms with Gasteiger partial charge in [0.25, 0.3) is 0 Å². The molecule has 7 heteroatoms. The summed E-state index contributed by atoms with van der Waals surface area (Å²) in [5.74, 6) is 1.79. The van der Waals surface area contributed by atoms with E-state index in [0.717, 1.165) is 19.4 Å². The van der Waals surface area contributed by atoms with Crippen molar-refractivity contribution in [2.24, 2.45) is 0 Å². The first-order valence-corrected chi connectivity index (χ1v) is 7.03. The van der Waals surface area contributed by atoms with Gasteiger partial charge in [-0.05, 0) is 13.3 Å². The normalized spacial score (nSPS) is 12.1. The number of hydrogen-bond donors (Lipinski definition) is 2. The van der Waals surface area contributed by atoms with Crippen LogP contribution in [0.3, 0.4) is 0 Å². The van der Waals surface area contributed by atoms with Crippen LogP contribution >= 0.6 is 0 Å². The molecule has 0 saturated heterocycles. The Morgan fingerprint density at radius 3 is 2.40 bits per heavy atom. The second-order valence-electron chi connectivity index (χ2n) is 4.79. The molecule has 1 aromatic heterocycles. The van der Waals surface area contributed by atoms with E-state index in [-0.39, 0.29) is 6.04 Å². The van der Waals surface area contributed by atoms with Crippen molar-refractivity contribution in [1.82, 2.24) is 15.0 Å². The van der Waals surface area contributed by atoms with Crippen molar-refractivity contribution in [3.8, 4) is 0 Å². The second kappa shape index (κ2) is 8.52. The van der Waals surface area contributed by atoms with E-state index in [0.29, 0.717) is 24.5 Å². The maximum atomic E-state index is 5.22. The molecular formula is C13H26N6O. The Balaban J connectivity index is 2.90. The fourth-order valence-electron chi connectivity index (χ4n) is 1.80. The van der Waals surface area contributed by atoms with Gasteiger partial charge in [-0.25, -0.2) is 0 Å². The summed E-state index contributed by atoms with van der Waals surface area (Å²) in [6.45, 7) is 5.56. The molecule has 0 spiro atoms. The summed E-state index contributed by atoms with van der Waals surface area (Å²) < 4.78 is 5.22. The molecule has 0 saturated carbocycles. The van der Waals surface area contributed by atoms with Crippen molar-refractivity contribution in [2.45, 2.75) is 32.7 Å². The van der Waals surface area contributed by atoms with Crippen LogP contribution in [0.15, 0.2) is 0 Å². The molecule has 20 heavy (non-hydrogen) atoms. The first kappa shape index (κ1) is 16.4. The Hall–Kier alpha value is -1.63. The Morgan fingerprint density at radius 1 is 1.15 bits per heavy atom. The number of nitrogens with one attached hydrogen (secondary N) is 2. The van der Waals surface area contributed by atoms with Gasteiger partial charge in [-0.3, -0.25) is 0 Å². The minimum Gasteiger partial charge on any atom is -0.383 e. The number of rotatable bonds is 9. The van der Waals surface area contributed by atoms with Gasteiger partial charge in [0, 0.05) is 27.7 Å². The van der Waals surface area contributed by atoms with Crippen LogP contribution in [0.4, 0.5) is 17.8 Å². The summed E-state index contributed by atoms with van der Waals surface area (Å²) in [6, 6.07) is 0.205. The highest BCUT2D eigenvalue weighted by Crippen LogP contribution is 2.13. The summed E-state index contributed by atoms with van der Waals surface area (Å²) in [5, 5.41) is 6.44. The maximum Gasteiger partial charge on any atom is 0.231 e. The zero-order valence-corrected chi connectivity index (χ0v) is 13.1. The Labute approximate surface area is 121 Å². The Morgan fingerprint density at radius 2 is 1.85 bits per heavy atom. The predicted octanol–water partition coefficient (Wildman–Crippen LogP) is 1.60. The summed E-state index contributed by atoms with van der Waals surface area (Å²) in [5.41, 5.74) is 0. The van der Waals surface area contributed by atoms with Crippen molar-refractivity contribution in [3.63, 3.8) is 0 Å². The van der Waals surface area contributed by atoms with Crippen LogP contribution in [0.2, 0.25) is 0 Å². The molecule has 0 aliphatic rings. The van der Waals surface area contributed by atoms with E-state index in [1.165, 1.54) is 0 Å². The number of hydrogen-bond acceptors (Lipinski definition) is 7. The minimum absolute atomic E-state index is 0.205. The molecule has 0 bridgehead atoms. The highest BCUT2D eigenvalue weighted by atomic mass is 16.5. The molecule has 0 aromatic carbocycles. The van der Waals surface area contributed by atoms with Gasteiger partial charge in [0.15, 0.2) is 0 Å². The fourth-order valence-corrected chi connectivity index (χ4v) is 1.80.